The van der Waals surface area contributed by atoms with E-state index in [0.29, 0.717) is 17.9 Å². The lowest BCUT2D eigenvalue weighted by Crippen LogP contribution is -2.47. The molecule has 1 aliphatic rings. The number of H-pyrrole nitrogens is 2. The van der Waals surface area contributed by atoms with E-state index in [1.807, 2.05) is 6.92 Å². The maximum absolute atomic E-state index is 14.1. The molecule has 0 unspecified atom stereocenters. The van der Waals surface area contributed by atoms with Gasteiger partial charge in [-0.1, -0.05) is 13.0 Å². The Morgan fingerprint density at radius 1 is 1.25 bits per heavy atom. The molecule has 2 N–H and O–H groups in total. The number of nitrogens with one attached hydrogen (secondary N) is 2. The number of hydrogen-bond donors (Lipinski definition) is 2. The van der Waals surface area contributed by atoms with Gasteiger partial charge in [-0.3, -0.25) is 14.8 Å². The van der Waals surface area contributed by atoms with E-state index < -0.39 is 11.6 Å². The Morgan fingerprint density at radius 3 is 2.58 bits per heavy atom. The lowest BCUT2D eigenvalue weighted by Gasteiger charge is -2.39. The van der Waals surface area contributed by atoms with Gasteiger partial charge in [0, 0.05) is 43.9 Å². The average Bonchev–Trinajstić information content (AvgIpc) is 2.96. The zero-order chi connectivity index (χ0) is 17.1. The van der Waals surface area contributed by atoms with Crippen molar-refractivity contribution in [1.29, 1.82) is 0 Å². The first-order chi connectivity index (χ1) is 11.6. The van der Waals surface area contributed by atoms with Crippen LogP contribution < -0.4 is 5.69 Å². The molecule has 1 saturated heterocycles. The summed E-state index contributed by atoms with van der Waals surface area (Å²) in [5, 5.41) is 6.27. The fourth-order valence-electron chi connectivity index (χ4n) is 3.27. The minimum atomic E-state index is -0.552. The summed E-state index contributed by atoms with van der Waals surface area (Å²) in [6, 6.07) is 3.74. The molecule has 0 amide bonds. The van der Waals surface area contributed by atoms with Crippen LogP contribution in [0.3, 0.4) is 0 Å². The summed E-state index contributed by atoms with van der Waals surface area (Å²) in [5.41, 5.74) is 0.241. The summed E-state index contributed by atoms with van der Waals surface area (Å²) in [6.45, 7) is 5.75. The highest BCUT2D eigenvalue weighted by Crippen LogP contribution is 2.28. The van der Waals surface area contributed by atoms with Gasteiger partial charge in [-0.25, -0.2) is 18.7 Å². The van der Waals surface area contributed by atoms with Crippen molar-refractivity contribution in [2.75, 3.05) is 26.2 Å². The second-order valence-electron chi connectivity index (χ2n) is 6.03. The standard InChI is InChI=1S/C16H21F2N5O/c1-2-14(12-4-3-11(17)9-13(12)18)23-7-5-22(6-8-23)10-15-19-16(24)21-20-15/h3-4,9,14H,2,5-8,10H2,1H3,(H2,19,20,21,24)/t14-/m1/s1. The minimum Gasteiger partial charge on any atom is -0.294 e. The van der Waals surface area contributed by atoms with Crippen LogP contribution in [0, 0.1) is 11.6 Å². The molecule has 3 rings (SSSR count). The molecule has 1 aromatic carbocycles. The van der Waals surface area contributed by atoms with E-state index in [0.717, 1.165) is 38.7 Å². The third-order valence-corrected chi connectivity index (χ3v) is 4.48. The lowest BCUT2D eigenvalue weighted by atomic mass is 10.0. The van der Waals surface area contributed by atoms with Crippen molar-refractivity contribution in [1.82, 2.24) is 25.0 Å². The zero-order valence-corrected chi connectivity index (χ0v) is 13.6. The Hall–Kier alpha value is -2.06. The molecule has 0 radical (unpaired) electrons. The maximum Gasteiger partial charge on any atom is 0.340 e. The second-order valence-corrected chi connectivity index (χ2v) is 6.03. The van der Waals surface area contributed by atoms with E-state index in [9.17, 15) is 13.6 Å². The van der Waals surface area contributed by atoms with Gasteiger partial charge in [-0.2, -0.15) is 5.10 Å². The third-order valence-electron chi connectivity index (χ3n) is 4.48. The van der Waals surface area contributed by atoms with Crippen LogP contribution in [0.25, 0.3) is 0 Å². The molecule has 0 bridgehead atoms. The summed E-state index contributed by atoms with van der Waals surface area (Å²) in [5.74, 6) is -0.424. The highest BCUT2D eigenvalue weighted by molar-refractivity contribution is 5.22. The molecule has 1 aliphatic heterocycles. The highest BCUT2D eigenvalue weighted by Gasteiger charge is 2.26. The normalized spacial score (nSPS) is 18.0. The van der Waals surface area contributed by atoms with Gasteiger partial charge < -0.3 is 0 Å². The van der Waals surface area contributed by atoms with Crippen LogP contribution in [0.5, 0.6) is 0 Å². The van der Waals surface area contributed by atoms with E-state index >= 15 is 0 Å². The van der Waals surface area contributed by atoms with Gasteiger partial charge >= 0.3 is 5.69 Å². The van der Waals surface area contributed by atoms with Crippen molar-refractivity contribution in [3.8, 4) is 0 Å². The van der Waals surface area contributed by atoms with Gasteiger partial charge in [0.15, 0.2) is 0 Å². The monoisotopic (exact) mass is 337 g/mol. The van der Waals surface area contributed by atoms with Crippen LogP contribution in [0.2, 0.25) is 0 Å². The molecular formula is C16H21F2N5O. The number of nitrogens with zero attached hydrogens (tertiary/aromatic N) is 3. The molecule has 2 heterocycles. The molecule has 0 spiro atoms. The molecule has 0 saturated carbocycles. The van der Waals surface area contributed by atoms with Crippen molar-refractivity contribution in [2.24, 2.45) is 0 Å². The van der Waals surface area contributed by atoms with Crippen LogP contribution in [0.4, 0.5) is 8.78 Å². The van der Waals surface area contributed by atoms with Crippen molar-refractivity contribution < 1.29 is 8.78 Å². The number of piperazine rings is 1. The van der Waals surface area contributed by atoms with Gasteiger partial charge in [-0.05, 0) is 12.5 Å². The molecular weight excluding hydrogens is 316 g/mol. The molecule has 130 valence electrons. The molecule has 1 atom stereocenters. The van der Waals surface area contributed by atoms with Crippen LogP contribution >= 0.6 is 0 Å². The van der Waals surface area contributed by atoms with E-state index in [1.165, 1.54) is 6.07 Å². The van der Waals surface area contributed by atoms with Gasteiger partial charge in [-0.15, -0.1) is 0 Å². The van der Waals surface area contributed by atoms with Crippen molar-refractivity contribution in [3.05, 3.63) is 51.7 Å². The first-order valence-electron chi connectivity index (χ1n) is 8.11. The van der Waals surface area contributed by atoms with E-state index in [1.54, 1.807) is 6.07 Å². The number of aromatic amines is 2. The molecule has 1 fully saturated rings. The lowest BCUT2D eigenvalue weighted by molar-refractivity contribution is 0.0867. The minimum absolute atomic E-state index is 0.0575. The predicted octanol–water partition coefficient (Wildman–Crippen LogP) is 1.65. The van der Waals surface area contributed by atoms with Gasteiger partial charge in [0.2, 0.25) is 0 Å². The Labute approximate surface area is 138 Å². The number of halogens is 2. The zero-order valence-electron chi connectivity index (χ0n) is 13.6. The van der Waals surface area contributed by atoms with Crippen molar-refractivity contribution >= 4 is 0 Å². The quantitative estimate of drug-likeness (QED) is 0.870. The van der Waals surface area contributed by atoms with Crippen LogP contribution in [0.1, 0.15) is 30.8 Å². The number of hydrogen-bond acceptors (Lipinski definition) is 4. The third kappa shape index (κ3) is 3.70. The maximum atomic E-state index is 14.1. The molecule has 24 heavy (non-hydrogen) atoms. The topological polar surface area (TPSA) is 68.0 Å². The molecule has 8 heteroatoms. The van der Waals surface area contributed by atoms with E-state index in [4.69, 9.17) is 0 Å². The Balaban J connectivity index is 1.62. The van der Waals surface area contributed by atoms with E-state index in [2.05, 4.69) is 25.0 Å². The van der Waals surface area contributed by atoms with Crippen molar-refractivity contribution in [2.45, 2.75) is 25.9 Å². The SMILES string of the molecule is CC[C@H](c1ccc(F)cc1F)N1CCN(Cc2n[nH]c(=O)[nH]2)CC1. The van der Waals surface area contributed by atoms with Crippen LogP contribution in [-0.4, -0.2) is 51.2 Å². The van der Waals surface area contributed by atoms with Crippen molar-refractivity contribution in [3.63, 3.8) is 0 Å². The molecule has 6 nitrogen and oxygen atoms in total. The molecule has 1 aromatic heterocycles. The Morgan fingerprint density at radius 2 is 2.00 bits per heavy atom. The van der Waals surface area contributed by atoms with Crippen LogP contribution in [-0.2, 0) is 6.54 Å². The molecule has 2 aromatic rings. The Kier molecular flexibility index (Phi) is 5.06. The number of aromatic nitrogens is 3. The summed E-state index contributed by atoms with van der Waals surface area (Å²) in [6.07, 6.45) is 0.759. The summed E-state index contributed by atoms with van der Waals surface area (Å²) >= 11 is 0. The summed E-state index contributed by atoms with van der Waals surface area (Å²) < 4.78 is 27.2. The van der Waals surface area contributed by atoms with Crippen LogP contribution in [0.15, 0.2) is 23.0 Å². The first-order valence-corrected chi connectivity index (χ1v) is 8.11. The number of benzene rings is 1. The van der Waals surface area contributed by atoms with Gasteiger partial charge in [0.1, 0.15) is 17.5 Å². The average molecular weight is 337 g/mol. The summed E-state index contributed by atoms with van der Waals surface area (Å²) in [7, 11) is 0. The smallest absolute Gasteiger partial charge is 0.294 e. The van der Waals surface area contributed by atoms with E-state index in [-0.39, 0.29) is 11.7 Å². The van der Waals surface area contributed by atoms with Gasteiger partial charge in [0.05, 0.1) is 6.54 Å². The first kappa shape index (κ1) is 16.8. The number of rotatable bonds is 5. The predicted molar refractivity (Wildman–Crippen MR) is 85.4 cm³/mol. The largest absolute Gasteiger partial charge is 0.340 e. The molecule has 0 aliphatic carbocycles. The fourth-order valence-corrected chi connectivity index (χ4v) is 3.27. The highest BCUT2D eigenvalue weighted by atomic mass is 19.1. The Bertz CT molecular complexity index is 736. The fraction of sp³-hybridized carbons (Fsp3) is 0.500. The summed E-state index contributed by atoms with van der Waals surface area (Å²) in [4.78, 5) is 18.1. The van der Waals surface area contributed by atoms with Gasteiger partial charge in [0.25, 0.3) is 0 Å². The second kappa shape index (κ2) is 7.23.